The van der Waals surface area contributed by atoms with Crippen molar-refractivity contribution in [3.8, 4) is 23.0 Å². The molecular weight excluding hydrogens is 568 g/mol. The maximum atomic E-state index is 14.6. The first-order valence-corrected chi connectivity index (χ1v) is 14.1. The third-order valence-electron chi connectivity index (χ3n) is 9.58. The number of aliphatic hydroxyl groups is 2. The second-order valence-corrected chi connectivity index (χ2v) is 11.6. The highest BCUT2D eigenvalue weighted by Gasteiger charge is 2.63. The Morgan fingerprint density at radius 1 is 0.750 bits per heavy atom. The molecule has 2 N–H and O–H groups in total. The third kappa shape index (κ3) is 3.40. The number of methoxy groups -OCH3 is 4. The number of benzene rings is 3. The zero-order valence-electron chi connectivity index (χ0n) is 24.7. The summed E-state index contributed by atoms with van der Waals surface area (Å²) in [6, 6.07) is 8.23. The van der Waals surface area contributed by atoms with Crippen molar-refractivity contribution >= 4 is 17.5 Å². The minimum absolute atomic E-state index is 0.0654. The lowest BCUT2D eigenvalue weighted by molar-refractivity contribution is -0.119. The number of hydrogen-bond donors (Lipinski definition) is 2. The predicted octanol–water partition coefficient (Wildman–Crippen LogP) is 3.63. The van der Waals surface area contributed by atoms with Gasteiger partial charge in [0.2, 0.25) is 5.78 Å². The SMILES string of the molecule is COc1cc(C)cc2c1C(=O)O[C@@H]1[C@H](O)C=C[C@@H]3c4c(cc(OC)c5c4C(=O)c4c(OC)ccc(OC)c4C5=O)C[C@@]31[C@H]2O. The summed E-state index contributed by atoms with van der Waals surface area (Å²) in [7, 11) is 5.68. The molecule has 4 aliphatic rings. The molecule has 0 fully saturated rings. The molecule has 7 rings (SSSR count). The van der Waals surface area contributed by atoms with E-state index in [0.29, 0.717) is 16.7 Å². The Labute approximate surface area is 252 Å². The topological polar surface area (TPSA) is 138 Å². The van der Waals surface area contributed by atoms with E-state index in [-0.39, 0.29) is 57.2 Å². The maximum absolute atomic E-state index is 14.6. The van der Waals surface area contributed by atoms with Gasteiger partial charge in [-0.1, -0.05) is 18.2 Å². The van der Waals surface area contributed by atoms with E-state index >= 15 is 0 Å². The van der Waals surface area contributed by atoms with Crippen molar-refractivity contribution < 1.29 is 48.3 Å². The van der Waals surface area contributed by atoms with E-state index in [1.54, 1.807) is 36.4 Å². The zero-order valence-corrected chi connectivity index (χ0v) is 24.7. The van der Waals surface area contributed by atoms with Crippen LogP contribution in [-0.4, -0.2) is 68.4 Å². The van der Waals surface area contributed by atoms with Crippen molar-refractivity contribution in [2.75, 3.05) is 28.4 Å². The van der Waals surface area contributed by atoms with Crippen LogP contribution in [0.2, 0.25) is 0 Å². The molecule has 0 saturated heterocycles. The molecule has 1 heterocycles. The van der Waals surface area contributed by atoms with E-state index in [1.807, 2.05) is 6.92 Å². The first-order valence-electron chi connectivity index (χ1n) is 14.1. The van der Waals surface area contributed by atoms with Crippen LogP contribution in [0.15, 0.2) is 42.5 Å². The molecule has 0 aromatic heterocycles. The van der Waals surface area contributed by atoms with Gasteiger partial charge in [0.25, 0.3) is 0 Å². The average molecular weight is 599 g/mol. The summed E-state index contributed by atoms with van der Waals surface area (Å²) in [6.07, 6.45) is -0.438. The number of hydrogen-bond acceptors (Lipinski definition) is 10. The summed E-state index contributed by atoms with van der Waals surface area (Å²) in [6.45, 7) is 1.82. The molecule has 0 amide bonds. The van der Waals surface area contributed by atoms with Crippen LogP contribution in [0.25, 0.3) is 0 Å². The summed E-state index contributed by atoms with van der Waals surface area (Å²) in [4.78, 5) is 42.4. The van der Waals surface area contributed by atoms with E-state index < -0.39 is 47.2 Å². The van der Waals surface area contributed by atoms with E-state index in [4.69, 9.17) is 23.7 Å². The third-order valence-corrected chi connectivity index (χ3v) is 9.58. The van der Waals surface area contributed by atoms with Gasteiger partial charge in [-0.3, -0.25) is 9.59 Å². The van der Waals surface area contributed by atoms with Gasteiger partial charge >= 0.3 is 5.97 Å². The Balaban J connectivity index is 1.52. The lowest BCUT2D eigenvalue weighted by Gasteiger charge is -2.46. The monoisotopic (exact) mass is 598 g/mol. The Kier molecular flexibility index (Phi) is 6.18. The lowest BCUT2D eigenvalue weighted by atomic mass is 9.61. The van der Waals surface area contributed by atoms with Crippen LogP contribution in [0.3, 0.4) is 0 Å². The molecular formula is C34H30O10. The van der Waals surface area contributed by atoms with Crippen LogP contribution >= 0.6 is 0 Å². The molecule has 0 saturated carbocycles. The van der Waals surface area contributed by atoms with E-state index in [2.05, 4.69) is 0 Å². The average Bonchev–Trinajstić information content (AvgIpc) is 3.33. The summed E-state index contributed by atoms with van der Waals surface area (Å²) < 4.78 is 28.2. The minimum Gasteiger partial charge on any atom is -0.496 e. The molecule has 5 atom stereocenters. The summed E-state index contributed by atoms with van der Waals surface area (Å²) >= 11 is 0. The van der Waals surface area contributed by atoms with Gasteiger partial charge in [0.1, 0.15) is 40.8 Å². The van der Waals surface area contributed by atoms with Crippen LogP contribution in [-0.2, 0) is 11.2 Å². The second kappa shape index (κ2) is 9.67. The van der Waals surface area contributed by atoms with Crippen molar-refractivity contribution in [3.05, 3.63) is 92.6 Å². The van der Waals surface area contributed by atoms with Crippen LogP contribution in [0.1, 0.15) is 76.5 Å². The number of rotatable bonds is 4. The fourth-order valence-electron chi connectivity index (χ4n) is 7.80. The highest BCUT2D eigenvalue weighted by Crippen LogP contribution is 2.64. The van der Waals surface area contributed by atoms with Crippen molar-refractivity contribution in [1.29, 1.82) is 0 Å². The van der Waals surface area contributed by atoms with Gasteiger partial charge in [-0.2, -0.15) is 0 Å². The molecule has 0 unspecified atom stereocenters. The Morgan fingerprint density at radius 2 is 1.32 bits per heavy atom. The number of aliphatic hydroxyl groups excluding tert-OH is 2. The maximum Gasteiger partial charge on any atom is 0.342 e. The van der Waals surface area contributed by atoms with Gasteiger partial charge in [-0.25, -0.2) is 4.79 Å². The highest BCUT2D eigenvalue weighted by molar-refractivity contribution is 6.32. The van der Waals surface area contributed by atoms with Gasteiger partial charge in [0.15, 0.2) is 5.78 Å². The van der Waals surface area contributed by atoms with Gasteiger partial charge in [0, 0.05) is 11.5 Å². The minimum atomic E-state index is -1.34. The molecule has 10 heteroatoms. The first kappa shape index (κ1) is 28.1. The smallest absolute Gasteiger partial charge is 0.342 e. The highest BCUT2D eigenvalue weighted by atomic mass is 16.6. The molecule has 44 heavy (non-hydrogen) atoms. The summed E-state index contributed by atoms with van der Waals surface area (Å²) in [5.41, 5.74) is 1.24. The fourth-order valence-corrected chi connectivity index (χ4v) is 7.80. The molecule has 1 aliphatic heterocycles. The Morgan fingerprint density at radius 3 is 1.93 bits per heavy atom. The van der Waals surface area contributed by atoms with Crippen molar-refractivity contribution in [1.82, 2.24) is 0 Å². The first-order chi connectivity index (χ1) is 21.1. The predicted molar refractivity (Wildman–Crippen MR) is 155 cm³/mol. The largest absolute Gasteiger partial charge is 0.496 e. The van der Waals surface area contributed by atoms with Crippen molar-refractivity contribution in [2.45, 2.75) is 37.6 Å². The number of fused-ring (bicyclic) bond motifs is 6. The number of carbonyl (C=O) groups is 3. The van der Waals surface area contributed by atoms with Crippen LogP contribution in [0.5, 0.6) is 23.0 Å². The summed E-state index contributed by atoms with van der Waals surface area (Å²) in [5.74, 6) is -1.56. The second-order valence-electron chi connectivity index (χ2n) is 11.6. The molecule has 0 radical (unpaired) electrons. The van der Waals surface area contributed by atoms with Crippen molar-refractivity contribution in [2.24, 2.45) is 5.41 Å². The number of ketones is 2. The van der Waals surface area contributed by atoms with E-state index in [1.165, 1.54) is 34.5 Å². The quantitative estimate of drug-likeness (QED) is 0.265. The van der Waals surface area contributed by atoms with Crippen LogP contribution in [0, 0.1) is 12.3 Å². The van der Waals surface area contributed by atoms with E-state index in [0.717, 1.165) is 5.56 Å². The molecule has 3 aromatic rings. The van der Waals surface area contributed by atoms with Gasteiger partial charge in [-0.15, -0.1) is 0 Å². The fraction of sp³-hybridized carbons (Fsp3) is 0.324. The van der Waals surface area contributed by atoms with Gasteiger partial charge < -0.3 is 33.9 Å². The molecule has 0 bridgehead atoms. The standard InChI is InChI=1S/C34H30O10/c1-14-10-16-24(21(11-14)42-4)33(39)44-32-18(35)7-6-17-23-15(13-34(17,32)31(16)38)12-22(43-5)27-28(23)30(37)26-20(41-3)9-8-19(40-2)25(26)29(27)36/h6-12,17-18,31-32,35,38H,13H2,1-5H3/t17-,18-,31+,32-,34+/m1/s1. The molecule has 10 nitrogen and oxygen atoms in total. The number of allylic oxidation sites excluding steroid dienone is 1. The lowest BCUT2D eigenvalue weighted by Crippen LogP contribution is -2.52. The number of carbonyl (C=O) groups excluding carboxylic acids is 3. The molecule has 226 valence electrons. The normalized spacial score (nSPS) is 25.8. The van der Waals surface area contributed by atoms with Crippen LogP contribution in [0.4, 0.5) is 0 Å². The molecule has 3 aromatic carbocycles. The number of aryl methyl sites for hydroxylation is 1. The Hall–Kier alpha value is -4.67. The Bertz CT molecular complexity index is 1840. The number of esters is 1. The van der Waals surface area contributed by atoms with Crippen LogP contribution < -0.4 is 18.9 Å². The molecule has 3 aliphatic carbocycles. The molecule has 1 spiro atoms. The van der Waals surface area contributed by atoms with Crippen molar-refractivity contribution in [3.63, 3.8) is 0 Å². The van der Waals surface area contributed by atoms with Gasteiger partial charge in [0.05, 0.1) is 56.6 Å². The summed E-state index contributed by atoms with van der Waals surface area (Å²) in [5, 5.41) is 23.6. The van der Waals surface area contributed by atoms with E-state index in [9.17, 15) is 24.6 Å². The number of ether oxygens (including phenoxy) is 5. The van der Waals surface area contributed by atoms with Gasteiger partial charge in [-0.05, 0) is 59.9 Å². The zero-order chi connectivity index (χ0) is 31.2.